The van der Waals surface area contributed by atoms with E-state index in [0.717, 1.165) is 13.2 Å². The summed E-state index contributed by atoms with van der Waals surface area (Å²) in [5.41, 5.74) is 0.806. The Morgan fingerprint density at radius 2 is 2.21 bits per heavy atom. The SMILES string of the molecule is FC(F)Oc1ccc2nc(I)sc2c1. The Labute approximate surface area is 96.0 Å². The van der Waals surface area contributed by atoms with Crippen LogP contribution in [0.2, 0.25) is 0 Å². The zero-order chi connectivity index (χ0) is 10.1. The van der Waals surface area contributed by atoms with Gasteiger partial charge in [-0.2, -0.15) is 8.78 Å². The number of hydrogen-bond acceptors (Lipinski definition) is 3. The molecule has 2 nitrogen and oxygen atoms in total. The molecule has 0 aliphatic carbocycles. The summed E-state index contributed by atoms with van der Waals surface area (Å²) < 4.78 is 29.8. The van der Waals surface area contributed by atoms with Crippen molar-refractivity contribution < 1.29 is 13.5 Å². The Morgan fingerprint density at radius 1 is 1.43 bits per heavy atom. The fourth-order valence-electron chi connectivity index (χ4n) is 1.05. The molecule has 1 aromatic carbocycles. The zero-order valence-corrected chi connectivity index (χ0v) is 9.68. The van der Waals surface area contributed by atoms with Crippen LogP contribution in [0, 0.1) is 3.01 Å². The molecule has 0 atom stereocenters. The lowest BCUT2D eigenvalue weighted by atomic mass is 10.3. The number of alkyl halides is 2. The highest BCUT2D eigenvalue weighted by molar-refractivity contribution is 14.1. The Bertz CT molecular complexity index is 460. The first-order valence-electron chi connectivity index (χ1n) is 3.66. The molecule has 0 unspecified atom stereocenters. The summed E-state index contributed by atoms with van der Waals surface area (Å²) in [6.45, 7) is -2.78. The molecule has 0 saturated carbocycles. The molecule has 0 amide bonds. The van der Waals surface area contributed by atoms with E-state index >= 15 is 0 Å². The van der Waals surface area contributed by atoms with Crippen LogP contribution < -0.4 is 4.74 Å². The second-order valence-corrected chi connectivity index (χ2v) is 5.26. The summed E-state index contributed by atoms with van der Waals surface area (Å²) in [6.07, 6.45) is 0. The van der Waals surface area contributed by atoms with Crippen molar-refractivity contribution in [2.45, 2.75) is 6.61 Å². The van der Waals surface area contributed by atoms with Crippen LogP contribution in [-0.2, 0) is 0 Å². The summed E-state index contributed by atoms with van der Waals surface area (Å²) in [7, 11) is 0. The summed E-state index contributed by atoms with van der Waals surface area (Å²) in [5.74, 6) is 0.174. The van der Waals surface area contributed by atoms with Crippen LogP contribution in [0.1, 0.15) is 0 Å². The van der Waals surface area contributed by atoms with Crippen molar-refractivity contribution in [3.05, 3.63) is 21.2 Å². The highest BCUT2D eigenvalue weighted by Gasteiger charge is 2.06. The van der Waals surface area contributed by atoms with Crippen molar-refractivity contribution in [2.24, 2.45) is 0 Å². The first-order valence-corrected chi connectivity index (χ1v) is 5.55. The Morgan fingerprint density at radius 3 is 2.93 bits per heavy atom. The van der Waals surface area contributed by atoms with Gasteiger partial charge in [0.1, 0.15) is 5.75 Å². The van der Waals surface area contributed by atoms with Gasteiger partial charge in [0.2, 0.25) is 0 Å². The monoisotopic (exact) mass is 327 g/mol. The maximum absolute atomic E-state index is 11.9. The molecule has 1 heterocycles. The number of nitrogens with zero attached hydrogens (tertiary/aromatic N) is 1. The number of halogens is 3. The van der Waals surface area contributed by atoms with Crippen molar-refractivity contribution in [3.8, 4) is 5.75 Å². The van der Waals surface area contributed by atoms with E-state index in [2.05, 4.69) is 32.3 Å². The van der Waals surface area contributed by atoms with Gasteiger partial charge in [-0.1, -0.05) is 0 Å². The summed E-state index contributed by atoms with van der Waals surface area (Å²) in [6, 6.07) is 4.73. The molecule has 0 fully saturated rings. The Hall–Kier alpha value is -0.500. The number of benzene rings is 1. The second-order valence-electron chi connectivity index (χ2n) is 2.47. The molecule has 1 aromatic heterocycles. The molecule has 0 bridgehead atoms. The van der Waals surface area contributed by atoms with Gasteiger partial charge >= 0.3 is 6.61 Å². The van der Waals surface area contributed by atoms with Crippen LogP contribution >= 0.6 is 33.9 Å². The van der Waals surface area contributed by atoms with Crippen molar-refractivity contribution in [2.75, 3.05) is 0 Å². The highest BCUT2D eigenvalue weighted by Crippen LogP contribution is 2.27. The lowest BCUT2D eigenvalue weighted by Crippen LogP contribution is -2.01. The largest absolute Gasteiger partial charge is 0.435 e. The van der Waals surface area contributed by atoms with Gasteiger partial charge in [-0.15, -0.1) is 11.3 Å². The van der Waals surface area contributed by atoms with Crippen LogP contribution in [-0.4, -0.2) is 11.6 Å². The molecule has 0 saturated heterocycles. The Balaban J connectivity index is 2.40. The average molecular weight is 327 g/mol. The molecule has 2 aromatic rings. The maximum Gasteiger partial charge on any atom is 0.387 e. The fourth-order valence-corrected chi connectivity index (χ4v) is 2.74. The fraction of sp³-hybridized carbons (Fsp3) is 0.125. The minimum atomic E-state index is -2.78. The molecule has 74 valence electrons. The summed E-state index contributed by atoms with van der Waals surface area (Å²) >= 11 is 3.53. The topological polar surface area (TPSA) is 22.1 Å². The predicted octanol–water partition coefficient (Wildman–Crippen LogP) is 3.50. The standard InChI is InChI=1S/C8H4F2INOS/c9-7(10)13-4-1-2-5-6(3-4)14-8(11)12-5/h1-3,7H. The van der Waals surface area contributed by atoms with Crippen molar-refractivity contribution in [1.29, 1.82) is 0 Å². The summed E-state index contributed by atoms with van der Waals surface area (Å²) in [5, 5.41) is 0. The lowest BCUT2D eigenvalue weighted by Gasteiger charge is -2.02. The molecule has 2 rings (SSSR count). The highest BCUT2D eigenvalue weighted by atomic mass is 127. The number of aromatic nitrogens is 1. The molecular weight excluding hydrogens is 323 g/mol. The smallest absolute Gasteiger partial charge is 0.387 e. The van der Waals surface area contributed by atoms with E-state index < -0.39 is 6.61 Å². The molecule has 14 heavy (non-hydrogen) atoms. The molecular formula is C8H4F2INOS. The van der Waals surface area contributed by atoms with E-state index in [-0.39, 0.29) is 5.75 Å². The first-order chi connectivity index (χ1) is 6.65. The van der Waals surface area contributed by atoms with Crippen LogP contribution in [0.15, 0.2) is 18.2 Å². The Kier molecular flexibility index (Phi) is 2.82. The zero-order valence-electron chi connectivity index (χ0n) is 6.71. The van der Waals surface area contributed by atoms with Gasteiger partial charge in [-0.25, -0.2) is 4.98 Å². The number of hydrogen-bond donors (Lipinski definition) is 0. The quantitative estimate of drug-likeness (QED) is 0.788. The minimum Gasteiger partial charge on any atom is -0.435 e. The normalized spacial score (nSPS) is 11.1. The molecule has 0 radical (unpaired) electrons. The van der Waals surface area contributed by atoms with E-state index in [4.69, 9.17) is 0 Å². The average Bonchev–Trinajstić information content (AvgIpc) is 2.42. The van der Waals surface area contributed by atoms with Crippen LogP contribution in [0.4, 0.5) is 8.78 Å². The second kappa shape index (κ2) is 3.93. The summed E-state index contributed by atoms with van der Waals surface area (Å²) in [4.78, 5) is 4.20. The van der Waals surface area contributed by atoms with E-state index in [1.807, 2.05) is 0 Å². The predicted molar refractivity (Wildman–Crippen MR) is 59.0 cm³/mol. The van der Waals surface area contributed by atoms with E-state index in [1.54, 1.807) is 12.1 Å². The number of rotatable bonds is 2. The van der Waals surface area contributed by atoms with Gasteiger partial charge < -0.3 is 4.74 Å². The van der Waals surface area contributed by atoms with Gasteiger partial charge in [-0.3, -0.25) is 0 Å². The van der Waals surface area contributed by atoms with Crippen LogP contribution in [0.5, 0.6) is 5.75 Å². The molecule has 6 heteroatoms. The number of thiazole rings is 1. The minimum absolute atomic E-state index is 0.174. The maximum atomic E-state index is 11.9. The molecule has 0 aliphatic heterocycles. The lowest BCUT2D eigenvalue weighted by molar-refractivity contribution is -0.0497. The van der Waals surface area contributed by atoms with Crippen molar-refractivity contribution >= 4 is 44.1 Å². The number of fused-ring (bicyclic) bond motifs is 1. The van der Waals surface area contributed by atoms with Crippen LogP contribution in [0.3, 0.4) is 0 Å². The molecule has 0 spiro atoms. The van der Waals surface area contributed by atoms with E-state index in [1.165, 1.54) is 17.4 Å². The van der Waals surface area contributed by atoms with E-state index in [9.17, 15) is 8.78 Å². The third-order valence-electron chi connectivity index (χ3n) is 1.56. The van der Waals surface area contributed by atoms with Gasteiger partial charge in [0.25, 0.3) is 0 Å². The van der Waals surface area contributed by atoms with Gasteiger partial charge in [0.15, 0.2) is 3.01 Å². The van der Waals surface area contributed by atoms with Crippen molar-refractivity contribution in [1.82, 2.24) is 4.98 Å². The third-order valence-corrected chi connectivity index (χ3v) is 3.27. The van der Waals surface area contributed by atoms with Crippen LogP contribution in [0.25, 0.3) is 10.2 Å². The van der Waals surface area contributed by atoms with E-state index in [0.29, 0.717) is 0 Å². The first kappa shape index (κ1) is 10.0. The molecule has 0 aliphatic rings. The van der Waals surface area contributed by atoms with Gasteiger partial charge in [-0.05, 0) is 40.8 Å². The third kappa shape index (κ3) is 2.11. The van der Waals surface area contributed by atoms with Gasteiger partial charge in [0, 0.05) is 0 Å². The van der Waals surface area contributed by atoms with Crippen molar-refractivity contribution in [3.63, 3.8) is 0 Å². The number of ether oxygens (including phenoxy) is 1. The molecule has 0 N–H and O–H groups in total. The van der Waals surface area contributed by atoms with Gasteiger partial charge in [0.05, 0.1) is 10.2 Å².